The topological polar surface area (TPSA) is 68.6 Å². The molecule has 30 heavy (non-hydrogen) atoms. The molecule has 1 aromatic heterocycles. The van der Waals surface area contributed by atoms with Gasteiger partial charge in [0.25, 0.3) is 0 Å². The van der Waals surface area contributed by atoms with Crippen LogP contribution < -0.4 is 10.8 Å². The predicted molar refractivity (Wildman–Crippen MR) is 118 cm³/mol. The zero-order valence-electron chi connectivity index (χ0n) is 17.9. The van der Waals surface area contributed by atoms with Crippen LogP contribution in [0.4, 0.5) is 10.5 Å². The molecule has 9 heteroatoms. The molecule has 2 amide bonds. The first-order valence-corrected chi connectivity index (χ1v) is 10.7. The number of aromatic nitrogens is 2. The van der Waals surface area contributed by atoms with Gasteiger partial charge in [0.2, 0.25) is 0 Å². The van der Waals surface area contributed by atoms with Crippen LogP contribution in [0.1, 0.15) is 46.6 Å². The maximum Gasteiger partial charge on any atom is 0.498 e. The normalized spacial score (nSPS) is 21.1. The fraction of sp³-hybridized carbons (Fsp3) is 0.524. The second kappa shape index (κ2) is 7.91. The van der Waals surface area contributed by atoms with Gasteiger partial charge in [-0.25, -0.2) is 4.79 Å². The summed E-state index contributed by atoms with van der Waals surface area (Å²) >= 11 is 5.90. The molecule has 4 rings (SSSR count). The van der Waals surface area contributed by atoms with Gasteiger partial charge in [-0.05, 0) is 64.8 Å². The first-order valence-electron chi connectivity index (χ1n) is 10.4. The van der Waals surface area contributed by atoms with Gasteiger partial charge in [0, 0.05) is 41.7 Å². The maximum absolute atomic E-state index is 12.5. The summed E-state index contributed by atoms with van der Waals surface area (Å²) in [6, 6.07) is 7.29. The van der Waals surface area contributed by atoms with E-state index in [0.29, 0.717) is 18.1 Å². The lowest BCUT2D eigenvalue weighted by molar-refractivity contribution is 0.00578. The van der Waals surface area contributed by atoms with E-state index in [1.165, 1.54) is 0 Å². The predicted octanol–water partition coefficient (Wildman–Crippen LogP) is 3.70. The number of carbonyl (C=O) groups excluding carboxylic acids is 1. The van der Waals surface area contributed by atoms with Crippen molar-refractivity contribution < 1.29 is 14.1 Å². The lowest BCUT2D eigenvalue weighted by atomic mass is 9.82. The Hall–Kier alpha value is -2.03. The molecule has 0 spiro atoms. The van der Waals surface area contributed by atoms with E-state index >= 15 is 0 Å². The smallest absolute Gasteiger partial charge is 0.399 e. The Morgan fingerprint density at radius 3 is 2.33 bits per heavy atom. The highest BCUT2D eigenvalue weighted by molar-refractivity contribution is 6.62. The molecular formula is C21H28BClN4O3. The quantitative estimate of drug-likeness (QED) is 0.754. The number of halogens is 1. The third-order valence-electron chi connectivity index (χ3n) is 6.37. The zero-order chi connectivity index (χ0) is 21.5. The Bertz CT molecular complexity index is 891. The number of anilines is 1. The lowest BCUT2D eigenvalue weighted by Gasteiger charge is -2.32. The second-order valence-corrected chi connectivity index (χ2v) is 9.43. The van der Waals surface area contributed by atoms with Gasteiger partial charge in [-0.1, -0.05) is 11.6 Å². The van der Waals surface area contributed by atoms with Crippen molar-refractivity contribution in [1.82, 2.24) is 14.7 Å². The number of urea groups is 1. The highest BCUT2D eigenvalue weighted by atomic mass is 35.5. The van der Waals surface area contributed by atoms with Gasteiger partial charge in [-0.15, -0.1) is 0 Å². The van der Waals surface area contributed by atoms with Crippen molar-refractivity contribution in [2.45, 2.75) is 57.8 Å². The molecule has 160 valence electrons. The van der Waals surface area contributed by atoms with Crippen LogP contribution in [0.15, 0.2) is 36.7 Å². The minimum absolute atomic E-state index is 0.0888. The number of likely N-dealkylation sites (tertiary alicyclic amines) is 1. The number of piperidine rings is 1. The molecule has 1 aromatic carbocycles. The molecule has 0 saturated carbocycles. The minimum atomic E-state index is -0.408. The molecule has 2 fully saturated rings. The van der Waals surface area contributed by atoms with Crippen molar-refractivity contribution in [2.24, 2.45) is 0 Å². The summed E-state index contributed by atoms with van der Waals surface area (Å²) in [6.45, 7) is 9.53. The van der Waals surface area contributed by atoms with E-state index in [1.807, 2.05) is 49.7 Å². The molecule has 2 aliphatic heterocycles. The summed E-state index contributed by atoms with van der Waals surface area (Å²) in [5.41, 5.74) is 0.924. The number of rotatable bonds is 3. The fourth-order valence-corrected chi connectivity index (χ4v) is 3.85. The summed E-state index contributed by atoms with van der Waals surface area (Å²) < 4.78 is 14.2. The van der Waals surface area contributed by atoms with Gasteiger partial charge < -0.3 is 19.5 Å². The number of carbonyl (C=O) groups is 1. The van der Waals surface area contributed by atoms with E-state index < -0.39 is 7.12 Å². The van der Waals surface area contributed by atoms with Crippen LogP contribution in [0.25, 0.3) is 0 Å². The van der Waals surface area contributed by atoms with E-state index in [2.05, 4.69) is 10.4 Å². The number of nitrogens with zero attached hydrogens (tertiary/aromatic N) is 3. The molecule has 0 atom stereocenters. The van der Waals surface area contributed by atoms with Gasteiger partial charge in [-0.3, -0.25) is 4.68 Å². The molecule has 1 N–H and O–H groups in total. The van der Waals surface area contributed by atoms with E-state index in [0.717, 1.165) is 24.0 Å². The highest BCUT2D eigenvalue weighted by Gasteiger charge is 2.52. The second-order valence-electron chi connectivity index (χ2n) is 9.00. The molecule has 0 radical (unpaired) electrons. The van der Waals surface area contributed by atoms with Gasteiger partial charge in [-0.2, -0.15) is 5.10 Å². The Morgan fingerprint density at radius 1 is 1.13 bits per heavy atom. The molecule has 0 unspecified atom stereocenters. The summed E-state index contributed by atoms with van der Waals surface area (Å²) in [7, 11) is -0.408. The third kappa shape index (κ3) is 4.22. The molecule has 2 aliphatic rings. The van der Waals surface area contributed by atoms with Crippen LogP contribution in [-0.4, -0.2) is 52.1 Å². The van der Waals surface area contributed by atoms with Gasteiger partial charge >= 0.3 is 13.1 Å². The summed E-state index contributed by atoms with van der Waals surface area (Å²) in [5, 5.41) is 8.12. The van der Waals surface area contributed by atoms with Crippen molar-refractivity contribution >= 4 is 35.9 Å². The van der Waals surface area contributed by atoms with Crippen LogP contribution in [0.3, 0.4) is 0 Å². The van der Waals surface area contributed by atoms with Crippen LogP contribution in [0, 0.1) is 0 Å². The molecule has 3 heterocycles. The van der Waals surface area contributed by atoms with Crippen molar-refractivity contribution in [3.05, 3.63) is 41.7 Å². The summed E-state index contributed by atoms with van der Waals surface area (Å²) in [5.74, 6) is 0. The first kappa shape index (κ1) is 21.2. The first-order chi connectivity index (χ1) is 14.1. The maximum atomic E-state index is 12.5. The monoisotopic (exact) mass is 430 g/mol. The molecular weight excluding hydrogens is 403 g/mol. The van der Waals surface area contributed by atoms with Crippen molar-refractivity contribution in [2.75, 3.05) is 18.4 Å². The van der Waals surface area contributed by atoms with Crippen LogP contribution in [-0.2, 0) is 9.31 Å². The number of nitrogens with one attached hydrogen (secondary N) is 1. The minimum Gasteiger partial charge on any atom is -0.399 e. The third-order valence-corrected chi connectivity index (χ3v) is 6.62. The van der Waals surface area contributed by atoms with Gasteiger partial charge in [0.15, 0.2) is 0 Å². The van der Waals surface area contributed by atoms with E-state index in [4.69, 9.17) is 20.9 Å². The molecule has 0 aliphatic carbocycles. The fourth-order valence-electron chi connectivity index (χ4n) is 3.72. The summed E-state index contributed by atoms with van der Waals surface area (Å²) in [6.07, 6.45) is 5.52. The van der Waals surface area contributed by atoms with Crippen molar-refractivity contribution in [3.8, 4) is 0 Å². The molecule has 2 saturated heterocycles. The number of benzene rings is 1. The number of amides is 2. The van der Waals surface area contributed by atoms with Gasteiger partial charge in [0.05, 0.1) is 17.2 Å². The van der Waals surface area contributed by atoms with E-state index in [1.54, 1.807) is 24.3 Å². The summed E-state index contributed by atoms with van der Waals surface area (Å²) in [4.78, 5) is 14.4. The van der Waals surface area contributed by atoms with Crippen molar-refractivity contribution in [1.29, 1.82) is 0 Å². The van der Waals surface area contributed by atoms with Crippen molar-refractivity contribution in [3.63, 3.8) is 0 Å². The average Bonchev–Trinajstić information content (AvgIpc) is 3.26. The standard InChI is InChI=1S/C21H28BClN4O3/c1-20(2)21(3,4)30-22(29-20)15-13-24-27(14-15)18-9-11-26(12-10-18)19(28)25-17-7-5-16(23)6-8-17/h5-8,13-14,18H,9-12H2,1-4H3,(H,25,28). The molecule has 2 aromatic rings. The average molecular weight is 431 g/mol. The number of hydrogen-bond acceptors (Lipinski definition) is 4. The lowest BCUT2D eigenvalue weighted by Crippen LogP contribution is -2.41. The number of hydrogen-bond donors (Lipinski definition) is 1. The van der Waals surface area contributed by atoms with Crippen LogP contribution in [0.2, 0.25) is 5.02 Å². The Balaban J connectivity index is 1.33. The SMILES string of the molecule is CC1(C)OB(c2cnn(C3CCN(C(=O)Nc4ccc(Cl)cc4)CC3)c2)OC1(C)C. The van der Waals surface area contributed by atoms with E-state index in [-0.39, 0.29) is 23.3 Å². The Kier molecular flexibility index (Phi) is 5.59. The molecule has 7 nitrogen and oxygen atoms in total. The van der Waals surface area contributed by atoms with Crippen LogP contribution >= 0.6 is 11.6 Å². The van der Waals surface area contributed by atoms with Gasteiger partial charge in [0.1, 0.15) is 0 Å². The van der Waals surface area contributed by atoms with Crippen LogP contribution in [0.5, 0.6) is 0 Å². The zero-order valence-corrected chi connectivity index (χ0v) is 18.6. The highest BCUT2D eigenvalue weighted by Crippen LogP contribution is 2.36. The Labute approximate surface area is 182 Å². The van der Waals surface area contributed by atoms with E-state index in [9.17, 15) is 4.79 Å². The Morgan fingerprint density at radius 2 is 1.73 bits per heavy atom. The largest absolute Gasteiger partial charge is 0.498 e. The molecule has 0 bridgehead atoms.